The van der Waals surface area contributed by atoms with Crippen LogP contribution in [0.15, 0.2) is 140 Å². The third-order valence-corrected chi connectivity index (χ3v) is 13.6. The average Bonchev–Trinajstić information content (AvgIpc) is 3.46. The maximum Gasteiger partial charge on any atom is 0.412 e. The molecule has 0 bridgehead atoms. The van der Waals surface area contributed by atoms with Crippen molar-refractivity contribution in [3.05, 3.63) is 145 Å². The summed E-state index contributed by atoms with van der Waals surface area (Å²) in [6, 6.07) is 3.75. The zero-order chi connectivity index (χ0) is 59.7. The normalized spacial score (nSPS) is 12.9. The largest absolute Gasteiger partial charge is 0.507 e. The Bertz CT molecular complexity index is 2290. The number of phenols is 1. The average molecular weight is 1160 g/mol. The van der Waals surface area contributed by atoms with E-state index in [2.05, 4.69) is 144 Å². The Morgan fingerprint density at radius 3 is 1.44 bits per heavy atom. The molecule has 0 fully saturated rings. The fraction of sp³-hybridized carbons (Fsp3) is 0.508. The van der Waals surface area contributed by atoms with E-state index >= 15 is 0 Å². The van der Waals surface area contributed by atoms with E-state index in [1.54, 1.807) is 56.2 Å². The fourth-order valence-corrected chi connectivity index (χ4v) is 8.80. The van der Waals surface area contributed by atoms with Gasteiger partial charge in [0.1, 0.15) is 23.5 Å². The van der Waals surface area contributed by atoms with E-state index in [0.717, 1.165) is 77.0 Å². The number of phenolic OH excluding ortho intramolecular Hbond substituents is 1. The molecule has 0 aliphatic carbocycles. The highest BCUT2D eigenvalue weighted by Crippen LogP contribution is 2.29. The van der Waals surface area contributed by atoms with Gasteiger partial charge in [0.05, 0.1) is 0 Å². The van der Waals surface area contributed by atoms with Gasteiger partial charge in [-0.25, -0.2) is 9.59 Å². The summed E-state index contributed by atoms with van der Waals surface area (Å²) in [6.07, 6.45) is 53.4. The summed E-state index contributed by atoms with van der Waals surface area (Å²) < 4.78 is 16.7. The standard InChI is InChI=1S/C65H96N4O10S2/c1-8-10-12-14-16-18-20-22-24-26-28-30-32-34-36-38-40-42-57(71)66-48-50-80-81-51-49-67-58(72)46-47-68-61(74)60(78-62(75)55-52-54(44-45-56(55)70)69-63(76)79-64(3,4)5)65(6,7)53-77-59(73)43-41-39-37-35-33-31-29-27-25-23-21-19-17-15-13-11-9-2/h10-13,16-19,22-25,28-31,34-37,44-45,52,60,70H,8-9,14-15,20-21,26-27,32-33,38-43,46-51,53H2,1-7H3,(H,66,71)(H,67,72)(H,68,74)(H,69,76)/b12-10-,13-11-,18-16-,19-17-,24-22-,25-23-,30-28-,31-29-,36-34-,37-35+/t60-/m0/s1. The highest BCUT2D eigenvalue weighted by molar-refractivity contribution is 8.76. The maximum atomic E-state index is 13.8. The fourth-order valence-electron chi connectivity index (χ4n) is 6.98. The summed E-state index contributed by atoms with van der Waals surface area (Å²) in [4.78, 5) is 77.8. The van der Waals surface area contributed by atoms with Crippen LogP contribution in [-0.2, 0) is 33.4 Å². The van der Waals surface area contributed by atoms with Crippen LogP contribution in [0.3, 0.4) is 0 Å². The molecule has 1 aromatic carbocycles. The molecule has 4 amide bonds. The number of benzene rings is 1. The van der Waals surface area contributed by atoms with Crippen LogP contribution >= 0.6 is 21.6 Å². The number of esters is 2. The third-order valence-electron chi connectivity index (χ3n) is 11.2. The van der Waals surface area contributed by atoms with E-state index < -0.39 is 46.8 Å². The van der Waals surface area contributed by atoms with Crippen LogP contribution in [0, 0.1) is 5.41 Å². The van der Waals surface area contributed by atoms with E-state index in [0.29, 0.717) is 43.9 Å². The minimum absolute atomic E-state index is 0.0296. The molecule has 5 N–H and O–H groups in total. The predicted molar refractivity (Wildman–Crippen MR) is 337 cm³/mol. The van der Waals surface area contributed by atoms with Crippen molar-refractivity contribution in [3.8, 4) is 5.75 Å². The van der Waals surface area contributed by atoms with Gasteiger partial charge in [-0.3, -0.25) is 24.5 Å². The number of aromatic hydroxyl groups is 1. The number of hydrogen-bond donors (Lipinski definition) is 5. The molecule has 0 spiro atoms. The number of amides is 4. The summed E-state index contributed by atoms with van der Waals surface area (Å²) >= 11 is 0. The Hall–Kier alpha value is -6.26. The quantitative estimate of drug-likeness (QED) is 0.0104. The molecule has 14 nitrogen and oxygen atoms in total. The number of nitrogens with one attached hydrogen (secondary N) is 4. The molecule has 0 radical (unpaired) electrons. The maximum absolute atomic E-state index is 13.8. The molecule has 0 saturated heterocycles. The first-order valence-corrected chi connectivity index (χ1v) is 31.2. The zero-order valence-electron chi connectivity index (χ0n) is 49.6. The summed E-state index contributed by atoms with van der Waals surface area (Å²) in [5.41, 5.74) is -2.29. The lowest BCUT2D eigenvalue weighted by Crippen LogP contribution is -2.49. The first-order valence-electron chi connectivity index (χ1n) is 28.7. The molecular weight excluding hydrogens is 1060 g/mol. The number of carbonyl (C=O) groups is 6. The summed E-state index contributed by atoms with van der Waals surface area (Å²) in [5.74, 6) is -1.72. The van der Waals surface area contributed by atoms with Gasteiger partial charge in [-0.05, 0) is 129 Å². The van der Waals surface area contributed by atoms with E-state index in [1.165, 1.54) is 18.2 Å². The Kier molecular flexibility index (Phi) is 42.6. The van der Waals surface area contributed by atoms with E-state index in [4.69, 9.17) is 14.2 Å². The number of ether oxygens (including phenoxy) is 3. The number of hydrogen-bond acceptors (Lipinski definition) is 12. The monoisotopic (exact) mass is 1160 g/mol. The summed E-state index contributed by atoms with van der Waals surface area (Å²) in [5, 5.41) is 21.6. The number of anilines is 1. The zero-order valence-corrected chi connectivity index (χ0v) is 51.2. The van der Waals surface area contributed by atoms with Gasteiger partial charge in [-0.15, -0.1) is 0 Å². The van der Waals surface area contributed by atoms with Gasteiger partial charge in [0.15, 0.2) is 6.10 Å². The summed E-state index contributed by atoms with van der Waals surface area (Å²) in [6.45, 7) is 13.1. The number of carbonyl (C=O) groups excluding carboxylic acids is 6. The van der Waals surface area contributed by atoms with Crippen molar-refractivity contribution >= 4 is 63.0 Å². The van der Waals surface area contributed by atoms with E-state index in [-0.39, 0.29) is 49.1 Å². The molecular formula is C65H96N4O10S2. The Balaban J connectivity index is 2.58. The smallest absolute Gasteiger partial charge is 0.412 e. The topological polar surface area (TPSA) is 198 Å². The van der Waals surface area contributed by atoms with Gasteiger partial charge in [-0.1, -0.05) is 171 Å². The van der Waals surface area contributed by atoms with Crippen molar-refractivity contribution in [3.63, 3.8) is 0 Å². The molecule has 0 aliphatic rings. The van der Waals surface area contributed by atoms with Crippen LogP contribution in [0.2, 0.25) is 0 Å². The van der Waals surface area contributed by atoms with Crippen LogP contribution in [0.5, 0.6) is 5.75 Å². The van der Waals surface area contributed by atoms with Crippen LogP contribution in [0.1, 0.15) is 168 Å². The van der Waals surface area contributed by atoms with Crippen LogP contribution in [-0.4, -0.2) is 90.3 Å². The van der Waals surface area contributed by atoms with Crippen molar-refractivity contribution in [1.29, 1.82) is 0 Å². The second kappa shape index (κ2) is 47.4. The highest BCUT2D eigenvalue weighted by atomic mass is 33.1. The second-order valence-electron chi connectivity index (χ2n) is 20.4. The molecule has 1 rings (SSSR count). The highest BCUT2D eigenvalue weighted by Gasteiger charge is 2.40. The minimum atomic E-state index is -1.54. The van der Waals surface area contributed by atoms with Crippen LogP contribution < -0.4 is 21.3 Å². The molecule has 448 valence electrons. The van der Waals surface area contributed by atoms with Crippen molar-refractivity contribution in [2.24, 2.45) is 5.41 Å². The molecule has 16 heteroatoms. The molecule has 81 heavy (non-hydrogen) atoms. The molecule has 0 heterocycles. The Morgan fingerprint density at radius 1 is 0.556 bits per heavy atom. The lowest BCUT2D eigenvalue weighted by molar-refractivity contribution is -0.153. The van der Waals surface area contributed by atoms with Crippen LogP contribution in [0.25, 0.3) is 0 Å². The first-order chi connectivity index (χ1) is 39.0. The SMILES string of the molecule is CC/C=C\C/C=C\C/C=C\C/C=C\C/C=C\CCCC(=O)NCCSSCCNC(=O)CCNC(=O)[C@H](OC(=O)c1cc(NC(=O)OC(C)(C)C)ccc1O)C(C)(C)COC(=O)CCC/C=C/C/C=C\C/C=C\C/C=C\C/C=C\CC. The predicted octanol–water partition coefficient (Wildman–Crippen LogP) is 14.8. The van der Waals surface area contributed by atoms with Gasteiger partial charge >= 0.3 is 18.0 Å². The van der Waals surface area contributed by atoms with E-state index in [9.17, 15) is 33.9 Å². The number of unbranched alkanes of at least 4 members (excludes halogenated alkanes) is 2. The van der Waals surface area contributed by atoms with Gasteiger partial charge in [-0.2, -0.15) is 0 Å². The van der Waals surface area contributed by atoms with Gasteiger partial charge < -0.3 is 35.3 Å². The van der Waals surface area contributed by atoms with E-state index in [1.807, 2.05) is 12.2 Å². The molecule has 0 saturated carbocycles. The Morgan fingerprint density at radius 2 is 0.988 bits per heavy atom. The van der Waals surface area contributed by atoms with Crippen molar-refractivity contribution < 1.29 is 48.1 Å². The van der Waals surface area contributed by atoms with Gasteiger partial charge in [0.2, 0.25) is 11.8 Å². The Labute approximate surface area is 493 Å². The molecule has 1 aromatic rings. The lowest BCUT2D eigenvalue weighted by atomic mass is 9.86. The third kappa shape index (κ3) is 42.3. The first kappa shape index (κ1) is 72.8. The number of rotatable bonds is 43. The van der Waals surface area contributed by atoms with Crippen molar-refractivity contribution in [2.75, 3.05) is 43.1 Å². The van der Waals surface area contributed by atoms with Crippen molar-refractivity contribution in [1.82, 2.24) is 16.0 Å². The molecule has 1 atom stereocenters. The second-order valence-corrected chi connectivity index (χ2v) is 23.1. The molecule has 0 aromatic heterocycles. The summed E-state index contributed by atoms with van der Waals surface area (Å²) in [7, 11) is 3.17. The minimum Gasteiger partial charge on any atom is -0.507 e. The van der Waals surface area contributed by atoms with Crippen molar-refractivity contribution in [2.45, 2.75) is 169 Å². The lowest BCUT2D eigenvalue weighted by Gasteiger charge is -2.32. The molecule has 0 aliphatic heterocycles. The van der Waals surface area contributed by atoms with Crippen LogP contribution in [0.4, 0.5) is 10.5 Å². The number of allylic oxidation sites excluding steroid dienone is 20. The van der Waals surface area contributed by atoms with Gasteiger partial charge in [0.25, 0.3) is 5.91 Å². The van der Waals surface area contributed by atoms with Gasteiger partial charge in [0, 0.05) is 61.5 Å². The molecule has 0 unspecified atom stereocenters.